The molecule has 0 spiro atoms. The number of Topliss-reactive ketones (excluding diaryl/α,β-unsaturated/α-hetero) is 1. The monoisotopic (exact) mass is 415 g/mol. The number of carbonyl (C=O) groups excluding carboxylic acids is 2. The normalized spacial score (nSPS) is 16.9. The van der Waals surface area contributed by atoms with Crippen LogP contribution in [0, 0.1) is 0 Å². The molecule has 1 atom stereocenters. The molecule has 2 aromatic carbocycles. The molecular weight excluding hydrogens is 390 g/mol. The smallest absolute Gasteiger partial charge is 0.243 e. The zero-order valence-electron chi connectivity index (χ0n) is 16.5. The molecule has 0 aliphatic carbocycles. The largest absolute Gasteiger partial charge is 0.325 e. The molecule has 8 heteroatoms. The van der Waals surface area contributed by atoms with Crippen molar-refractivity contribution in [3.63, 3.8) is 0 Å². The highest BCUT2D eigenvalue weighted by Crippen LogP contribution is 2.19. The fraction of sp³-hybridized carbons (Fsp3) is 0.333. The van der Waals surface area contributed by atoms with Crippen LogP contribution in [-0.2, 0) is 14.8 Å². The van der Waals surface area contributed by atoms with Crippen LogP contribution in [0.1, 0.15) is 24.2 Å². The third-order valence-electron chi connectivity index (χ3n) is 5.14. The van der Waals surface area contributed by atoms with E-state index in [2.05, 4.69) is 5.32 Å². The molecule has 0 aromatic heterocycles. The number of sulfonamides is 1. The van der Waals surface area contributed by atoms with Gasteiger partial charge in [-0.05, 0) is 38.1 Å². The predicted molar refractivity (Wildman–Crippen MR) is 111 cm³/mol. The number of hydrogen-bond acceptors (Lipinski definition) is 5. The van der Waals surface area contributed by atoms with E-state index in [9.17, 15) is 18.0 Å². The molecule has 0 radical (unpaired) electrons. The van der Waals surface area contributed by atoms with Crippen molar-refractivity contribution < 1.29 is 18.0 Å². The standard InChI is InChI=1S/C21H25N3O4S/c1-16(21(26)22-19-6-4-3-5-7-19)23-12-14-24(15-13-23)29(27,28)20-10-8-18(9-11-20)17(2)25/h3-11,16H,12-15H2,1-2H3,(H,22,26)/t16-/m0/s1. The first-order valence-corrected chi connectivity index (χ1v) is 10.9. The second-order valence-electron chi connectivity index (χ2n) is 7.05. The Morgan fingerprint density at radius 3 is 2.07 bits per heavy atom. The number of nitrogens with one attached hydrogen (secondary N) is 1. The van der Waals surface area contributed by atoms with Gasteiger partial charge in [0.1, 0.15) is 0 Å². The third-order valence-corrected chi connectivity index (χ3v) is 7.05. The first-order chi connectivity index (χ1) is 13.8. The van der Waals surface area contributed by atoms with Crippen molar-refractivity contribution in [1.82, 2.24) is 9.21 Å². The summed E-state index contributed by atoms with van der Waals surface area (Å²) in [6.45, 7) is 4.81. The minimum atomic E-state index is -3.63. The van der Waals surface area contributed by atoms with Crippen LogP contribution in [0.25, 0.3) is 0 Å². The summed E-state index contributed by atoms with van der Waals surface area (Å²) in [7, 11) is -3.63. The van der Waals surface area contributed by atoms with Crippen LogP contribution in [0.3, 0.4) is 0 Å². The highest BCUT2D eigenvalue weighted by Gasteiger charge is 2.31. The molecule has 154 valence electrons. The van der Waals surface area contributed by atoms with Crippen LogP contribution >= 0.6 is 0 Å². The average Bonchev–Trinajstić information content (AvgIpc) is 2.74. The number of amides is 1. The van der Waals surface area contributed by atoms with Gasteiger partial charge in [0.05, 0.1) is 10.9 Å². The number of carbonyl (C=O) groups is 2. The van der Waals surface area contributed by atoms with E-state index >= 15 is 0 Å². The summed E-state index contributed by atoms with van der Waals surface area (Å²) in [6.07, 6.45) is 0. The number of benzene rings is 2. The van der Waals surface area contributed by atoms with Gasteiger partial charge in [-0.15, -0.1) is 0 Å². The zero-order chi connectivity index (χ0) is 21.0. The summed E-state index contributed by atoms with van der Waals surface area (Å²) in [5, 5.41) is 2.88. The van der Waals surface area contributed by atoms with Gasteiger partial charge in [0.25, 0.3) is 0 Å². The number of para-hydroxylation sites is 1. The molecule has 1 aliphatic heterocycles. The van der Waals surface area contributed by atoms with E-state index in [1.807, 2.05) is 42.2 Å². The Balaban J connectivity index is 1.60. The van der Waals surface area contributed by atoms with Gasteiger partial charge in [-0.1, -0.05) is 30.3 Å². The lowest BCUT2D eigenvalue weighted by Crippen LogP contribution is -2.53. The second-order valence-corrected chi connectivity index (χ2v) is 8.99. The summed E-state index contributed by atoms with van der Waals surface area (Å²) < 4.78 is 27.2. The highest BCUT2D eigenvalue weighted by atomic mass is 32.2. The van der Waals surface area contributed by atoms with Crippen LogP contribution in [-0.4, -0.2) is 61.5 Å². The van der Waals surface area contributed by atoms with E-state index in [-0.39, 0.29) is 22.6 Å². The fourth-order valence-electron chi connectivity index (χ4n) is 3.28. The van der Waals surface area contributed by atoms with Crippen LogP contribution in [0.15, 0.2) is 59.5 Å². The maximum absolute atomic E-state index is 12.9. The third kappa shape index (κ3) is 4.90. The van der Waals surface area contributed by atoms with Crippen molar-refractivity contribution in [2.24, 2.45) is 0 Å². The quantitative estimate of drug-likeness (QED) is 0.731. The van der Waals surface area contributed by atoms with Gasteiger partial charge in [-0.2, -0.15) is 4.31 Å². The van der Waals surface area contributed by atoms with Crippen LogP contribution in [0.2, 0.25) is 0 Å². The van der Waals surface area contributed by atoms with E-state index in [1.54, 1.807) is 0 Å². The maximum atomic E-state index is 12.9. The lowest BCUT2D eigenvalue weighted by atomic mass is 10.2. The van der Waals surface area contributed by atoms with Crippen molar-refractivity contribution in [3.8, 4) is 0 Å². The minimum Gasteiger partial charge on any atom is -0.325 e. The van der Waals surface area contributed by atoms with Gasteiger partial charge in [0, 0.05) is 37.4 Å². The zero-order valence-corrected chi connectivity index (χ0v) is 17.4. The Morgan fingerprint density at radius 2 is 1.52 bits per heavy atom. The molecule has 1 N–H and O–H groups in total. The molecule has 7 nitrogen and oxygen atoms in total. The summed E-state index contributed by atoms with van der Waals surface area (Å²) in [5.41, 5.74) is 1.21. The van der Waals surface area contributed by atoms with E-state index in [0.717, 1.165) is 5.69 Å². The van der Waals surface area contributed by atoms with Crippen molar-refractivity contribution in [2.45, 2.75) is 24.8 Å². The Morgan fingerprint density at radius 1 is 0.931 bits per heavy atom. The van der Waals surface area contributed by atoms with Crippen molar-refractivity contribution in [3.05, 3.63) is 60.2 Å². The van der Waals surface area contributed by atoms with Gasteiger partial charge in [0.15, 0.2) is 5.78 Å². The molecule has 2 aromatic rings. The Hall–Kier alpha value is -2.55. The van der Waals surface area contributed by atoms with E-state index in [1.165, 1.54) is 35.5 Å². The molecule has 1 heterocycles. The van der Waals surface area contributed by atoms with Crippen LogP contribution in [0.5, 0.6) is 0 Å². The molecule has 0 saturated carbocycles. The fourth-order valence-corrected chi connectivity index (χ4v) is 4.70. The van der Waals surface area contributed by atoms with E-state index < -0.39 is 10.0 Å². The number of piperazine rings is 1. The number of ketones is 1. The molecule has 1 fully saturated rings. The number of rotatable bonds is 6. The highest BCUT2D eigenvalue weighted by molar-refractivity contribution is 7.89. The van der Waals surface area contributed by atoms with Crippen molar-refractivity contribution in [2.75, 3.05) is 31.5 Å². The van der Waals surface area contributed by atoms with E-state index in [0.29, 0.717) is 31.7 Å². The maximum Gasteiger partial charge on any atom is 0.243 e. The first kappa shape index (κ1) is 21.2. The van der Waals surface area contributed by atoms with Crippen molar-refractivity contribution in [1.29, 1.82) is 0 Å². The molecule has 0 unspecified atom stereocenters. The molecule has 3 rings (SSSR count). The first-order valence-electron chi connectivity index (χ1n) is 9.50. The van der Waals surface area contributed by atoms with E-state index in [4.69, 9.17) is 0 Å². The van der Waals surface area contributed by atoms with Crippen molar-refractivity contribution >= 4 is 27.4 Å². The van der Waals surface area contributed by atoms with Gasteiger partial charge in [-0.25, -0.2) is 8.42 Å². The molecule has 1 amide bonds. The number of anilines is 1. The summed E-state index contributed by atoms with van der Waals surface area (Å²) >= 11 is 0. The SMILES string of the molecule is CC(=O)c1ccc(S(=O)(=O)N2CCN([C@@H](C)C(=O)Nc3ccccc3)CC2)cc1. The summed E-state index contributed by atoms with van der Waals surface area (Å²) in [4.78, 5) is 26.0. The van der Waals surface area contributed by atoms with Crippen LogP contribution < -0.4 is 5.32 Å². The Bertz CT molecular complexity index is 967. The number of hydrogen-bond donors (Lipinski definition) is 1. The van der Waals surface area contributed by atoms with Gasteiger partial charge in [0.2, 0.25) is 15.9 Å². The summed E-state index contributed by atoms with van der Waals surface area (Å²) in [5.74, 6) is -0.224. The van der Waals surface area contributed by atoms with Gasteiger partial charge >= 0.3 is 0 Å². The number of nitrogens with zero attached hydrogens (tertiary/aromatic N) is 2. The molecule has 29 heavy (non-hydrogen) atoms. The summed E-state index contributed by atoms with van der Waals surface area (Å²) in [6, 6.07) is 14.9. The topological polar surface area (TPSA) is 86.8 Å². The Labute approximate surface area is 171 Å². The molecule has 1 saturated heterocycles. The second kappa shape index (κ2) is 8.86. The molecule has 1 aliphatic rings. The molecular formula is C21H25N3O4S. The minimum absolute atomic E-state index is 0.106. The lowest BCUT2D eigenvalue weighted by molar-refractivity contribution is -0.121. The van der Waals surface area contributed by atoms with Crippen LogP contribution in [0.4, 0.5) is 5.69 Å². The molecule has 0 bridgehead atoms. The van der Waals surface area contributed by atoms with Gasteiger partial charge < -0.3 is 5.32 Å². The predicted octanol–water partition coefficient (Wildman–Crippen LogP) is 2.22. The average molecular weight is 416 g/mol. The van der Waals surface area contributed by atoms with Gasteiger partial charge in [-0.3, -0.25) is 14.5 Å². The lowest BCUT2D eigenvalue weighted by Gasteiger charge is -2.36. The Kier molecular flexibility index (Phi) is 6.46.